The van der Waals surface area contributed by atoms with Crippen molar-refractivity contribution in [1.29, 1.82) is 0 Å². The van der Waals surface area contributed by atoms with Gasteiger partial charge in [0.05, 0.1) is 16.9 Å². The number of nitrogens with one attached hydrogen (secondary N) is 1. The smallest absolute Gasteiger partial charge is 0.0677 e. The second-order valence-electron chi connectivity index (χ2n) is 10.5. The second-order valence-corrected chi connectivity index (χ2v) is 11.6. The van der Waals surface area contributed by atoms with Crippen molar-refractivity contribution in [3.05, 3.63) is 24.8 Å². The molecule has 8 unspecified atom stereocenters. The van der Waals surface area contributed by atoms with Crippen LogP contribution in [0, 0.1) is 23.2 Å². The van der Waals surface area contributed by atoms with Crippen molar-refractivity contribution in [3.63, 3.8) is 0 Å². The summed E-state index contributed by atoms with van der Waals surface area (Å²) in [6, 6.07) is 0.676. The van der Waals surface area contributed by atoms with Crippen LogP contribution in [0.25, 0.3) is 0 Å². The topological polar surface area (TPSA) is 38.0 Å². The van der Waals surface area contributed by atoms with E-state index >= 15 is 0 Å². The molecule has 0 bridgehead atoms. The van der Waals surface area contributed by atoms with Crippen molar-refractivity contribution >= 4 is 23.2 Å². The Hall–Kier alpha value is -0.0200. The molecule has 0 aromatic heterocycles. The Morgan fingerprint density at radius 1 is 1.03 bits per heavy atom. The van der Waals surface area contributed by atoms with Gasteiger partial charge in [-0.05, 0) is 75.0 Å². The van der Waals surface area contributed by atoms with Crippen LogP contribution in [0.4, 0.5) is 0 Å². The van der Waals surface area contributed by atoms with E-state index in [4.69, 9.17) is 28.9 Å². The Balaban J connectivity index is -0.000000518. The molecule has 230 valence electrons. The van der Waals surface area contributed by atoms with E-state index in [1.807, 2.05) is 41.5 Å². The summed E-state index contributed by atoms with van der Waals surface area (Å²) in [6.45, 7) is 26.5. The lowest BCUT2D eigenvalue weighted by atomic mass is 9.71. The van der Waals surface area contributed by atoms with Gasteiger partial charge in [0.2, 0.25) is 0 Å². The SMILES string of the molecule is C=CC(Cl)C(Cl)CCC.CC.CC.CC.CC1CC=CC(C23CCC(NC(C)N)CC2C3)C1.CCCCC. The van der Waals surface area contributed by atoms with Crippen LogP contribution in [-0.4, -0.2) is 23.0 Å². The summed E-state index contributed by atoms with van der Waals surface area (Å²) >= 11 is 11.6. The Morgan fingerprint density at radius 2 is 1.61 bits per heavy atom. The Bertz CT molecular complexity index is 535. The zero-order valence-corrected chi connectivity index (χ0v) is 29.1. The maximum atomic E-state index is 5.85. The van der Waals surface area contributed by atoms with Crippen molar-refractivity contribution in [2.75, 3.05) is 0 Å². The zero-order valence-electron chi connectivity index (χ0n) is 27.6. The molecule has 2 saturated carbocycles. The molecule has 0 radical (unpaired) electrons. The van der Waals surface area contributed by atoms with Crippen LogP contribution >= 0.6 is 23.2 Å². The van der Waals surface area contributed by atoms with Crippen molar-refractivity contribution in [1.82, 2.24) is 5.32 Å². The molecule has 3 rings (SSSR count). The van der Waals surface area contributed by atoms with Crippen molar-refractivity contribution in [2.45, 2.75) is 170 Å². The first kappa shape index (κ1) is 42.4. The summed E-state index contributed by atoms with van der Waals surface area (Å²) in [5, 5.41) is 3.50. The summed E-state index contributed by atoms with van der Waals surface area (Å²) in [7, 11) is 0. The molecule has 3 aliphatic carbocycles. The summed E-state index contributed by atoms with van der Waals surface area (Å²) < 4.78 is 0. The van der Waals surface area contributed by atoms with Crippen LogP contribution < -0.4 is 11.1 Å². The van der Waals surface area contributed by atoms with Gasteiger partial charge in [-0.3, -0.25) is 5.32 Å². The molecular weight excluding hydrogens is 507 g/mol. The van der Waals surface area contributed by atoms with Gasteiger partial charge in [-0.15, -0.1) is 29.8 Å². The van der Waals surface area contributed by atoms with Crippen molar-refractivity contribution in [3.8, 4) is 0 Å². The quantitative estimate of drug-likeness (QED) is 0.162. The lowest BCUT2D eigenvalue weighted by Gasteiger charge is -2.36. The molecule has 0 amide bonds. The van der Waals surface area contributed by atoms with E-state index < -0.39 is 0 Å². The third-order valence-electron chi connectivity index (χ3n) is 7.45. The minimum absolute atomic E-state index is 0.0502. The Kier molecular flexibility index (Phi) is 30.3. The van der Waals surface area contributed by atoms with Crippen LogP contribution in [0.2, 0.25) is 0 Å². The monoisotopic (exact) mass is 576 g/mol. The third-order valence-corrected chi connectivity index (χ3v) is 8.55. The fourth-order valence-electron chi connectivity index (χ4n) is 5.54. The average molecular weight is 578 g/mol. The molecule has 38 heavy (non-hydrogen) atoms. The van der Waals surface area contributed by atoms with Crippen LogP contribution in [-0.2, 0) is 0 Å². The van der Waals surface area contributed by atoms with E-state index in [2.05, 4.69) is 58.7 Å². The summed E-state index contributed by atoms with van der Waals surface area (Å²) in [4.78, 5) is 0. The molecule has 0 aromatic carbocycles. The van der Waals surface area contributed by atoms with Crippen LogP contribution in [0.15, 0.2) is 24.8 Å². The fourth-order valence-corrected chi connectivity index (χ4v) is 5.98. The number of alkyl halides is 2. The van der Waals surface area contributed by atoms with Crippen molar-refractivity contribution in [2.24, 2.45) is 28.9 Å². The predicted molar refractivity (Wildman–Crippen MR) is 180 cm³/mol. The molecule has 8 atom stereocenters. The lowest BCUT2D eigenvalue weighted by molar-refractivity contribution is 0.193. The summed E-state index contributed by atoms with van der Waals surface area (Å²) in [5.41, 5.74) is 6.55. The number of fused-ring (bicyclic) bond motifs is 1. The van der Waals surface area contributed by atoms with Crippen LogP contribution in [0.1, 0.15) is 147 Å². The predicted octanol–water partition coefficient (Wildman–Crippen LogP) is 11.5. The summed E-state index contributed by atoms with van der Waals surface area (Å²) in [6.07, 6.45) is 21.2. The summed E-state index contributed by atoms with van der Waals surface area (Å²) in [5.74, 6) is 2.75. The molecule has 2 fully saturated rings. The fraction of sp³-hybridized carbons (Fsp3) is 0.882. The highest BCUT2D eigenvalue weighted by Crippen LogP contribution is 2.67. The highest BCUT2D eigenvalue weighted by Gasteiger charge is 2.59. The molecule has 0 spiro atoms. The average Bonchev–Trinajstić information content (AvgIpc) is 3.68. The first-order chi connectivity index (χ1) is 18.2. The van der Waals surface area contributed by atoms with Gasteiger partial charge in [-0.2, -0.15) is 0 Å². The highest BCUT2D eigenvalue weighted by molar-refractivity contribution is 6.30. The van der Waals surface area contributed by atoms with Crippen LogP contribution in [0.3, 0.4) is 0 Å². The molecule has 4 heteroatoms. The number of hydrogen-bond donors (Lipinski definition) is 2. The molecule has 2 nitrogen and oxygen atoms in total. The van der Waals surface area contributed by atoms with Gasteiger partial charge in [0.1, 0.15) is 0 Å². The Labute approximate surface area is 251 Å². The first-order valence-corrected chi connectivity index (χ1v) is 17.2. The third kappa shape index (κ3) is 17.6. The number of rotatable bonds is 9. The Morgan fingerprint density at radius 3 is 2.00 bits per heavy atom. The minimum Gasteiger partial charge on any atom is -0.316 e. The number of halogens is 2. The van der Waals surface area contributed by atoms with E-state index in [0.29, 0.717) is 11.5 Å². The number of allylic oxidation sites excluding steroid dienone is 3. The van der Waals surface area contributed by atoms with Crippen molar-refractivity contribution < 1.29 is 0 Å². The zero-order chi connectivity index (χ0) is 30.1. The van der Waals surface area contributed by atoms with Crippen LogP contribution in [0.5, 0.6) is 0 Å². The van der Waals surface area contributed by atoms with E-state index in [9.17, 15) is 0 Å². The maximum absolute atomic E-state index is 5.85. The number of unbranched alkanes of at least 4 members (excludes halogenated alkanes) is 2. The van der Waals surface area contributed by atoms with Gasteiger partial charge in [0.15, 0.2) is 0 Å². The molecule has 0 heterocycles. The van der Waals surface area contributed by atoms with E-state index in [-0.39, 0.29) is 16.9 Å². The van der Waals surface area contributed by atoms with E-state index in [1.165, 1.54) is 57.8 Å². The van der Waals surface area contributed by atoms with E-state index in [1.54, 1.807) is 6.08 Å². The maximum Gasteiger partial charge on any atom is 0.0677 e. The number of nitrogens with two attached hydrogens (primary N) is 1. The van der Waals surface area contributed by atoms with Gasteiger partial charge < -0.3 is 5.73 Å². The molecule has 0 aliphatic heterocycles. The highest BCUT2D eigenvalue weighted by atomic mass is 35.5. The van der Waals surface area contributed by atoms with E-state index in [0.717, 1.165) is 30.6 Å². The normalized spacial score (nSPS) is 28.6. The molecule has 3 aliphatic rings. The molecule has 0 aromatic rings. The molecule has 3 N–H and O–H groups in total. The first-order valence-electron chi connectivity index (χ1n) is 16.3. The second kappa shape index (κ2) is 27.2. The van der Waals surface area contributed by atoms with Gasteiger partial charge in [0, 0.05) is 6.04 Å². The van der Waals surface area contributed by atoms with Gasteiger partial charge in [0.25, 0.3) is 0 Å². The lowest BCUT2D eigenvalue weighted by Crippen LogP contribution is -2.44. The molecule has 0 saturated heterocycles. The minimum atomic E-state index is -0.0772. The number of hydrogen-bond acceptors (Lipinski definition) is 2. The molecular formula is C34H70Cl2N2. The van der Waals surface area contributed by atoms with Gasteiger partial charge >= 0.3 is 0 Å². The largest absolute Gasteiger partial charge is 0.316 e. The van der Waals surface area contributed by atoms with Gasteiger partial charge in [-0.25, -0.2) is 0 Å². The van der Waals surface area contributed by atoms with Gasteiger partial charge in [-0.1, -0.05) is 113 Å². The standard InChI is InChI=1S/C16H28N2.C7H12Cl2.C5H12.3C2H6/c1-11-4-3-5-13(8-11)16-7-6-15(18-12(2)17)9-14(16)10-16;1-3-5-7(9)6(8)4-2;1-3-5-4-2;3*1-2/h3,5,11-15,18H,4,6-10,17H2,1-2H3;4,6-7H,2-3,5H2,1H3;3-5H2,1-2H3;3*1-2H3.